The maximum atomic E-state index is 13.5. The SMILES string of the molecule is CS(=O)(=O)c1cc(F)cc(CC2CC3(CNC3)C2)c1. The Hall–Kier alpha value is -0.940. The van der Waals surface area contributed by atoms with Gasteiger partial charge in [-0.05, 0) is 54.4 Å². The highest BCUT2D eigenvalue weighted by molar-refractivity contribution is 7.90. The van der Waals surface area contributed by atoms with Gasteiger partial charge in [-0.1, -0.05) is 0 Å². The average Bonchev–Trinajstić information content (AvgIpc) is 2.18. The summed E-state index contributed by atoms with van der Waals surface area (Å²) >= 11 is 0. The predicted octanol–water partition coefficient (Wildman–Crippen LogP) is 1.77. The second kappa shape index (κ2) is 4.28. The summed E-state index contributed by atoms with van der Waals surface area (Å²) in [6.45, 7) is 2.20. The van der Waals surface area contributed by atoms with Crippen molar-refractivity contribution in [2.24, 2.45) is 11.3 Å². The molecular formula is C14H18FNO2S. The molecule has 0 unspecified atom stereocenters. The van der Waals surface area contributed by atoms with E-state index in [4.69, 9.17) is 0 Å². The third-order valence-electron chi connectivity index (χ3n) is 4.33. The summed E-state index contributed by atoms with van der Waals surface area (Å²) in [4.78, 5) is 0.0850. The van der Waals surface area contributed by atoms with E-state index in [0.29, 0.717) is 11.3 Å². The van der Waals surface area contributed by atoms with Crippen LogP contribution in [-0.2, 0) is 16.3 Å². The van der Waals surface area contributed by atoms with E-state index in [0.717, 1.165) is 37.4 Å². The fourth-order valence-corrected chi connectivity index (χ4v) is 4.05. The second-order valence-electron chi connectivity index (χ2n) is 6.15. The van der Waals surface area contributed by atoms with Gasteiger partial charge < -0.3 is 5.32 Å². The zero-order valence-corrected chi connectivity index (χ0v) is 11.8. The van der Waals surface area contributed by atoms with Crippen LogP contribution in [0.1, 0.15) is 18.4 Å². The van der Waals surface area contributed by atoms with Gasteiger partial charge in [-0.25, -0.2) is 12.8 Å². The Morgan fingerprint density at radius 1 is 1.32 bits per heavy atom. The van der Waals surface area contributed by atoms with Gasteiger partial charge in [0.05, 0.1) is 4.90 Å². The third-order valence-corrected chi connectivity index (χ3v) is 5.42. The molecule has 1 aromatic carbocycles. The van der Waals surface area contributed by atoms with Crippen molar-refractivity contribution in [1.29, 1.82) is 0 Å². The highest BCUT2D eigenvalue weighted by Gasteiger charge is 2.47. The molecule has 3 rings (SSSR count). The first kappa shape index (κ1) is 13.1. The zero-order chi connectivity index (χ0) is 13.7. The van der Waals surface area contributed by atoms with Crippen molar-refractivity contribution in [2.45, 2.75) is 24.2 Å². The highest BCUT2D eigenvalue weighted by Crippen LogP contribution is 2.49. The monoisotopic (exact) mass is 283 g/mol. The molecule has 1 saturated heterocycles. The molecule has 2 fully saturated rings. The fraction of sp³-hybridized carbons (Fsp3) is 0.571. The number of benzene rings is 1. The maximum Gasteiger partial charge on any atom is 0.175 e. The molecule has 0 amide bonds. The van der Waals surface area contributed by atoms with Gasteiger partial charge in [0.15, 0.2) is 9.84 Å². The van der Waals surface area contributed by atoms with E-state index in [9.17, 15) is 12.8 Å². The predicted molar refractivity (Wildman–Crippen MR) is 71.2 cm³/mol. The first-order valence-corrected chi connectivity index (χ1v) is 8.46. The number of halogens is 1. The lowest BCUT2D eigenvalue weighted by molar-refractivity contribution is 0.000849. The summed E-state index contributed by atoms with van der Waals surface area (Å²) in [5.41, 5.74) is 1.30. The summed E-state index contributed by atoms with van der Waals surface area (Å²) in [5.74, 6) is 0.105. The lowest BCUT2D eigenvalue weighted by Gasteiger charge is -2.54. The van der Waals surface area contributed by atoms with Crippen molar-refractivity contribution in [3.8, 4) is 0 Å². The lowest BCUT2D eigenvalue weighted by atomic mass is 9.57. The molecule has 3 nitrogen and oxygen atoms in total. The largest absolute Gasteiger partial charge is 0.316 e. The quantitative estimate of drug-likeness (QED) is 0.919. The van der Waals surface area contributed by atoms with Gasteiger partial charge in [0.25, 0.3) is 0 Å². The first-order chi connectivity index (χ1) is 8.86. The van der Waals surface area contributed by atoms with Crippen LogP contribution in [0.2, 0.25) is 0 Å². The van der Waals surface area contributed by atoms with Crippen molar-refractivity contribution in [2.75, 3.05) is 19.3 Å². The van der Waals surface area contributed by atoms with E-state index in [2.05, 4.69) is 5.32 Å². The number of rotatable bonds is 3. The van der Waals surface area contributed by atoms with Gasteiger partial charge in [-0.3, -0.25) is 0 Å². The van der Waals surface area contributed by atoms with Gasteiger partial charge in [0.2, 0.25) is 0 Å². The molecule has 0 aromatic heterocycles. The van der Waals surface area contributed by atoms with E-state index < -0.39 is 15.7 Å². The van der Waals surface area contributed by atoms with Gasteiger partial charge in [0.1, 0.15) is 5.82 Å². The van der Waals surface area contributed by atoms with Crippen LogP contribution in [0, 0.1) is 17.2 Å². The van der Waals surface area contributed by atoms with Crippen molar-refractivity contribution >= 4 is 9.84 Å². The van der Waals surface area contributed by atoms with E-state index >= 15 is 0 Å². The molecule has 1 N–H and O–H groups in total. The normalized spacial score (nSPS) is 22.0. The zero-order valence-electron chi connectivity index (χ0n) is 10.9. The van der Waals surface area contributed by atoms with Gasteiger partial charge in [-0.2, -0.15) is 0 Å². The summed E-state index contributed by atoms with van der Waals surface area (Å²) in [7, 11) is -3.34. The first-order valence-electron chi connectivity index (χ1n) is 6.57. The molecule has 5 heteroatoms. The Kier molecular flexibility index (Phi) is 2.94. The van der Waals surface area contributed by atoms with Crippen LogP contribution >= 0.6 is 0 Å². The Balaban J connectivity index is 1.73. The minimum Gasteiger partial charge on any atom is -0.316 e. The van der Waals surface area contributed by atoms with Crippen LogP contribution in [0.4, 0.5) is 4.39 Å². The Labute approximate surface area is 113 Å². The fourth-order valence-electron chi connectivity index (χ4n) is 3.36. The van der Waals surface area contributed by atoms with Crippen molar-refractivity contribution in [1.82, 2.24) is 5.32 Å². The topological polar surface area (TPSA) is 46.2 Å². The van der Waals surface area contributed by atoms with Crippen LogP contribution < -0.4 is 5.32 Å². The molecule has 2 aliphatic rings. The highest BCUT2D eigenvalue weighted by atomic mass is 32.2. The molecule has 0 radical (unpaired) electrons. The Bertz CT molecular complexity index is 600. The van der Waals surface area contributed by atoms with Crippen molar-refractivity contribution in [3.05, 3.63) is 29.6 Å². The summed E-state index contributed by atoms with van der Waals surface area (Å²) < 4.78 is 36.5. The number of sulfone groups is 1. The summed E-state index contributed by atoms with van der Waals surface area (Å²) in [5, 5.41) is 3.29. The van der Waals surface area contributed by atoms with Crippen LogP contribution in [0.25, 0.3) is 0 Å². The summed E-state index contributed by atoms with van der Waals surface area (Å²) in [6.07, 6.45) is 4.24. The molecule has 1 spiro atoms. The Morgan fingerprint density at radius 2 is 2.00 bits per heavy atom. The molecule has 1 aromatic rings. The standard InChI is InChI=1S/C14H18FNO2S/c1-19(17,18)13-4-10(3-12(15)5-13)2-11-6-14(7-11)8-16-9-14/h3-5,11,16H,2,6-9H2,1H3. The molecule has 1 saturated carbocycles. The molecule has 0 atom stereocenters. The molecule has 0 bridgehead atoms. The van der Waals surface area contributed by atoms with Gasteiger partial charge in [0, 0.05) is 19.3 Å². The van der Waals surface area contributed by atoms with E-state index in [-0.39, 0.29) is 4.90 Å². The average molecular weight is 283 g/mol. The van der Waals surface area contributed by atoms with Crippen LogP contribution in [0.3, 0.4) is 0 Å². The summed E-state index contributed by atoms with van der Waals surface area (Å²) in [6, 6.07) is 4.16. The van der Waals surface area contributed by atoms with E-state index in [1.807, 2.05) is 0 Å². The molecule has 19 heavy (non-hydrogen) atoms. The second-order valence-corrected chi connectivity index (χ2v) is 8.17. The van der Waals surface area contributed by atoms with Crippen molar-refractivity contribution in [3.63, 3.8) is 0 Å². The Morgan fingerprint density at radius 3 is 2.53 bits per heavy atom. The molecule has 1 aliphatic carbocycles. The van der Waals surface area contributed by atoms with E-state index in [1.165, 1.54) is 18.9 Å². The molecule has 1 heterocycles. The molecule has 1 aliphatic heterocycles. The van der Waals surface area contributed by atoms with Crippen LogP contribution in [0.5, 0.6) is 0 Å². The molecule has 104 valence electrons. The van der Waals surface area contributed by atoms with Crippen LogP contribution in [0.15, 0.2) is 23.1 Å². The minimum absolute atomic E-state index is 0.0850. The van der Waals surface area contributed by atoms with Gasteiger partial charge in [-0.15, -0.1) is 0 Å². The van der Waals surface area contributed by atoms with Crippen molar-refractivity contribution < 1.29 is 12.8 Å². The smallest absolute Gasteiger partial charge is 0.175 e. The van der Waals surface area contributed by atoms with Gasteiger partial charge >= 0.3 is 0 Å². The lowest BCUT2D eigenvalue weighted by Crippen LogP contribution is -2.60. The number of nitrogens with one attached hydrogen (secondary N) is 1. The third kappa shape index (κ3) is 2.54. The number of hydrogen-bond donors (Lipinski definition) is 1. The molecular weight excluding hydrogens is 265 g/mol. The maximum absolute atomic E-state index is 13.5. The van der Waals surface area contributed by atoms with E-state index in [1.54, 1.807) is 6.07 Å². The minimum atomic E-state index is -3.34. The number of hydrogen-bond acceptors (Lipinski definition) is 3. The van der Waals surface area contributed by atoms with Crippen LogP contribution in [-0.4, -0.2) is 27.8 Å².